The van der Waals surface area contributed by atoms with Crippen LogP contribution in [0.25, 0.3) is 11.4 Å². The summed E-state index contributed by atoms with van der Waals surface area (Å²) in [6, 6.07) is 0. The predicted molar refractivity (Wildman–Crippen MR) is 66.2 cm³/mol. The van der Waals surface area contributed by atoms with E-state index in [1.54, 1.807) is 24.8 Å². The van der Waals surface area contributed by atoms with E-state index in [2.05, 4.69) is 39.1 Å². The lowest BCUT2D eigenvalue weighted by molar-refractivity contribution is 0.544. The smallest absolute Gasteiger partial charge is 0.120 e. The molecule has 17 heavy (non-hydrogen) atoms. The molecule has 5 heteroatoms. The van der Waals surface area contributed by atoms with Gasteiger partial charge >= 0.3 is 0 Å². The zero-order valence-corrected chi connectivity index (χ0v) is 10.1. The monoisotopic (exact) mass is 231 g/mol. The van der Waals surface area contributed by atoms with E-state index in [-0.39, 0.29) is 0 Å². The third-order valence-electron chi connectivity index (χ3n) is 2.31. The van der Waals surface area contributed by atoms with E-state index in [9.17, 15) is 0 Å². The molecule has 2 N–H and O–H groups in total. The van der Waals surface area contributed by atoms with Gasteiger partial charge in [0.05, 0.1) is 24.6 Å². The molecular weight excluding hydrogens is 214 g/mol. The molecule has 0 saturated heterocycles. The topological polar surface area (TPSA) is 66.5 Å². The maximum atomic E-state index is 4.30. The highest BCUT2D eigenvalue weighted by Gasteiger charge is 2.04. The number of nitrogens with one attached hydrogen (secondary N) is 2. The molecule has 0 amide bonds. The van der Waals surface area contributed by atoms with Crippen LogP contribution in [0.15, 0.2) is 24.8 Å². The molecule has 90 valence electrons. The van der Waals surface area contributed by atoms with Gasteiger partial charge in [0.1, 0.15) is 11.5 Å². The highest BCUT2D eigenvalue weighted by molar-refractivity contribution is 5.51. The van der Waals surface area contributed by atoms with Crippen LogP contribution >= 0.6 is 0 Å². The molecule has 2 aromatic rings. The SMILES string of the molecule is CC(C)CNCc1ncc(-c2cnccn2)[nH]1. The van der Waals surface area contributed by atoms with Gasteiger partial charge in [0.15, 0.2) is 0 Å². The Hall–Kier alpha value is -1.75. The van der Waals surface area contributed by atoms with Crippen molar-refractivity contribution in [1.29, 1.82) is 0 Å². The van der Waals surface area contributed by atoms with E-state index >= 15 is 0 Å². The summed E-state index contributed by atoms with van der Waals surface area (Å²) in [5, 5.41) is 3.34. The van der Waals surface area contributed by atoms with Crippen LogP contribution < -0.4 is 5.32 Å². The maximum Gasteiger partial charge on any atom is 0.120 e. The van der Waals surface area contributed by atoms with Gasteiger partial charge in [-0.1, -0.05) is 13.8 Å². The molecule has 0 aliphatic rings. The molecule has 0 radical (unpaired) electrons. The minimum atomic E-state index is 0.643. The molecule has 2 rings (SSSR count). The number of hydrogen-bond acceptors (Lipinski definition) is 4. The third-order valence-corrected chi connectivity index (χ3v) is 2.31. The Morgan fingerprint density at radius 2 is 2.12 bits per heavy atom. The molecule has 0 aliphatic carbocycles. The first-order valence-electron chi connectivity index (χ1n) is 5.76. The normalized spacial score (nSPS) is 11.0. The van der Waals surface area contributed by atoms with Crippen LogP contribution in [0.5, 0.6) is 0 Å². The maximum absolute atomic E-state index is 4.30. The molecule has 0 unspecified atom stereocenters. The zero-order chi connectivity index (χ0) is 12.1. The molecule has 5 nitrogen and oxygen atoms in total. The lowest BCUT2D eigenvalue weighted by atomic mass is 10.2. The first kappa shape index (κ1) is 11.7. The van der Waals surface area contributed by atoms with Crippen LogP contribution in [0.2, 0.25) is 0 Å². The summed E-state index contributed by atoms with van der Waals surface area (Å²) in [5.41, 5.74) is 1.72. The van der Waals surface area contributed by atoms with E-state index in [1.807, 2.05) is 0 Å². The fraction of sp³-hybridized carbons (Fsp3) is 0.417. The predicted octanol–water partition coefficient (Wildman–Crippen LogP) is 1.61. The Kier molecular flexibility index (Phi) is 3.82. The van der Waals surface area contributed by atoms with Crippen LogP contribution in [0.4, 0.5) is 0 Å². The van der Waals surface area contributed by atoms with Crippen molar-refractivity contribution in [2.45, 2.75) is 20.4 Å². The van der Waals surface area contributed by atoms with E-state index in [0.717, 1.165) is 30.3 Å². The van der Waals surface area contributed by atoms with Gasteiger partial charge < -0.3 is 10.3 Å². The standard InChI is InChI=1S/C12H17N5/c1-9(2)5-14-8-12-16-7-11(17-12)10-6-13-3-4-15-10/h3-4,6-7,9,14H,5,8H2,1-2H3,(H,16,17). The van der Waals surface area contributed by atoms with Gasteiger partial charge in [0.25, 0.3) is 0 Å². The Labute approximate surface area is 101 Å². The molecule has 0 atom stereocenters. The van der Waals surface area contributed by atoms with Crippen molar-refractivity contribution in [3.8, 4) is 11.4 Å². The van der Waals surface area contributed by atoms with Gasteiger partial charge in [0, 0.05) is 12.4 Å². The molecule has 0 bridgehead atoms. The lowest BCUT2D eigenvalue weighted by Crippen LogP contribution is -2.19. The van der Waals surface area contributed by atoms with Gasteiger partial charge in [-0.05, 0) is 12.5 Å². The van der Waals surface area contributed by atoms with Crippen LogP contribution in [-0.2, 0) is 6.54 Å². The Balaban J connectivity index is 1.97. The first-order chi connectivity index (χ1) is 8.25. The van der Waals surface area contributed by atoms with Crippen LogP contribution in [-0.4, -0.2) is 26.5 Å². The molecule has 0 aliphatic heterocycles. The largest absolute Gasteiger partial charge is 0.340 e. The summed E-state index contributed by atoms with van der Waals surface area (Å²) in [7, 11) is 0. The van der Waals surface area contributed by atoms with Crippen molar-refractivity contribution >= 4 is 0 Å². The van der Waals surface area contributed by atoms with Crippen molar-refractivity contribution in [3.05, 3.63) is 30.6 Å². The molecule has 0 saturated carbocycles. The van der Waals surface area contributed by atoms with E-state index < -0.39 is 0 Å². The highest BCUT2D eigenvalue weighted by atomic mass is 15.0. The number of nitrogens with zero attached hydrogens (tertiary/aromatic N) is 3. The quantitative estimate of drug-likeness (QED) is 0.820. The van der Waals surface area contributed by atoms with Gasteiger partial charge in [-0.25, -0.2) is 4.98 Å². The molecule has 0 spiro atoms. The second-order valence-electron chi connectivity index (χ2n) is 4.36. The van der Waals surface area contributed by atoms with Crippen LogP contribution in [0, 0.1) is 5.92 Å². The van der Waals surface area contributed by atoms with Gasteiger partial charge in [-0.3, -0.25) is 9.97 Å². The van der Waals surface area contributed by atoms with E-state index in [0.29, 0.717) is 5.92 Å². The van der Waals surface area contributed by atoms with Crippen LogP contribution in [0.3, 0.4) is 0 Å². The average Bonchev–Trinajstić information content (AvgIpc) is 2.78. The Bertz CT molecular complexity index is 449. The Morgan fingerprint density at radius 3 is 2.82 bits per heavy atom. The average molecular weight is 231 g/mol. The fourth-order valence-corrected chi connectivity index (χ4v) is 1.50. The highest BCUT2D eigenvalue weighted by Crippen LogP contribution is 2.11. The van der Waals surface area contributed by atoms with Crippen molar-refractivity contribution in [2.75, 3.05) is 6.54 Å². The summed E-state index contributed by atoms with van der Waals surface area (Å²) in [6.45, 7) is 6.10. The van der Waals surface area contributed by atoms with Gasteiger partial charge in [-0.2, -0.15) is 0 Å². The van der Waals surface area contributed by atoms with E-state index in [1.165, 1.54) is 0 Å². The summed E-state index contributed by atoms with van der Waals surface area (Å²) in [5.74, 6) is 1.57. The van der Waals surface area contributed by atoms with Crippen molar-refractivity contribution in [1.82, 2.24) is 25.3 Å². The molecule has 0 fully saturated rings. The lowest BCUT2D eigenvalue weighted by Gasteiger charge is -2.04. The number of imidazole rings is 1. The number of aromatic amines is 1. The number of hydrogen-bond donors (Lipinski definition) is 2. The Morgan fingerprint density at radius 1 is 1.24 bits per heavy atom. The summed E-state index contributed by atoms with van der Waals surface area (Å²) in [6.07, 6.45) is 6.84. The van der Waals surface area contributed by atoms with Gasteiger partial charge in [0.2, 0.25) is 0 Å². The zero-order valence-electron chi connectivity index (χ0n) is 10.1. The minimum absolute atomic E-state index is 0.643. The first-order valence-corrected chi connectivity index (χ1v) is 5.76. The van der Waals surface area contributed by atoms with E-state index in [4.69, 9.17) is 0 Å². The number of rotatable bonds is 5. The third kappa shape index (κ3) is 3.35. The molecular formula is C12H17N5. The summed E-state index contributed by atoms with van der Waals surface area (Å²) >= 11 is 0. The molecule has 2 heterocycles. The number of aromatic nitrogens is 4. The second-order valence-corrected chi connectivity index (χ2v) is 4.36. The van der Waals surface area contributed by atoms with Crippen LogP contribution in [0.1, 0.15) is 19.7 Å². The molecule has 2 aromatic heterocycles. The summed E-state index contributed by atoms with van der Waals surface area (Å²) < 4.78 is 0. The second kappa shape index (κ2) is 5.54. The summed E-state index contributed by atoms with van der Waals surface area (Å²) in [4.78, 5) is 15.8. The minimum Gasteiger partial charge on any atom is -0.340 e. The van der Waals surface area contributed by atoms with Crippen molar-refractivity contribution < 1.29 is 0 Å². The number of H-pyrrole nitrogens is 1. The van der Waals surface area contributed by atoms with Crippen molar-refractivity contribution in [3.63, 3.8) is 0 Å². The molecule has 0 aromatic carbocycles. The van der Waals surface area contributed by atoms with Gasteiger partial charge in [-0.15, -0.1) is 0 Å². The fourth-order valence-electron chi connectivity index (χ4n) is 1.50. The van der Waals surface area contributed by atoms with Crippen molar-refractivity contribution in [2.24, 2.45) is 5.92 Å².